The van der Waals surface area contributed by atoms with E-state index in [0.717, 1.165) is 27.7 Å². The van der Waals surface area contributed by atoms with Crippen LogP contribution in [0.15, 0.2) is 84.0 Å². The van der Waals surface area contributed by atoms with Gasteiger partial charge in [-0.2, -0.15) is 0 Å². The molecule has 0 unspecified atom stereocenters. The number of rotatable bonds is 6. The predicted molar refractivity (Wildman–Crippen MR) is 110 cm³/mol. The van der Waals surface area contributed by atoms with E-state index in [1.807, 2.05) is 67.7 Å². The quantitative estimate of drug-likeness (QED) is 0.543. The summed E-state index contributed by atoms with van der Waals surface area (Å²) in [5.74, 6) is 0.947. The average Bonchev–Trinajstić information content (AvgIpc) is 3.11. The Hall–Kier alpha value is -2.96. The molecule has 0 aliphatic heterocycles. The van der Waals surface area contributed by atoms with Gasteiger partial charge in [0.25, 0.3) is 0 Å². The monoisotopic (exact) mass is 391 g/mol. The summed E-state index contributed by atoms with van der Waals surface area (Å²) < 4.78 is 30.2. The Kier molecular flexibility index (Phi) is 4.98. The van der Waals surface area contributed by atoms with E-state index in [0.29, 0.717) is 6.54 Å². The predicted octanol–water partition coefficient (Wildman–Crippen LogP) is 3.87. The molecular formula is C22H21N3O2S. The van der Waals surface area contributed by atoms with Crippen LogP contribution in [0, 0.1) is 6.92 Å². The molecule has 0 aliphatic carbocycles. The summed E-state index contributed by atoms with van der Waals surface area (Å²) in [7, 11) is -3.58. The molecule has 0 atom stereocenters. The van der Waals surface area contributed by atoms with Gasteiger partial charge in [0.05, 0.1) is 4.90 Å². The van der Waals surface area contributed by atoms with Crippen LogP contribution in [0.25, 0.3) is 10.8 Å². The fourth-order valence-corrected chi connectivity index (χ4v) is 4.25. The van der Waals surface area contributed by atoms with Crippen molar-refractivity contribution in [3.8, 4) is 0 Å². The molecule has 0 saturated carbocycles. The van der Waals surface area contributed by atoms with Gasteiger partial charge in [-0.3, -0.25) is 0 Å². The second-order valence-corrected chi connectivity index (χ2v) is 8.52. The van der Waals surface area contributed by atoms with Crippen LogP contribution in [0.3, 0.4) is 0 Å². The maximum atomic E-state index is 12.7. The van der Waals surface area contributed by atoms with Crippen molar-refractivity contribution in [3.05, 3.63) is 96.1 Å². The van der Waals surface area contributed by atoms with Crippen molar-refractivity contribution in [1.82, 2.24) is 14.3 Å². The average molecular weight is 391 g/mol. The number of sulfonamides is 1. The van der Waals surface area contributed by atoms with Crippen LogP contribution in [-0.2, 0) is 23.1 Å². The standard InChI is InChI=1S/C22H21N3O2S/c1-17-23-11-12-25(17)16-19-6-4-5-18(13-19)15-24-28(26,27)22-10-9-20-7-2-3-8-21(20)14-22/h2-14,24H,15-16H2,1H3. The number of fused-ring (bicyclic) bond motifs is 1. The number of aromatic nitrogens is 2. The minimum absolute atomic E-state index is 0.242. The van der Waals surface area contributed by atoms with Gasteiger partial charge < -0.3 is 4.57 Å². The van der Waals surface area contributed by atoms with Gasteiger partial charge in [0.1, 0.15) is 5.82 Å². The zero-order valence-electron chi connectivity index (χ0n) is 15.5. The van der Waals surface area contributed by atoms with E-state index in [1.54, 1.807) is 18.3 Å². The Bertz CT molecular complexity index is 1230. The van der Waals surface area contributed by atoms with Crippen molar-refractivity contribution in [1.29, 1.82) is 0 Å². The Morgan fingerprint density at radius 3 is 2.50 bits per heavy atom. The summed E-state index contributed by atoms with van der Waals surface area (Å²) in [5.41, 5.74) is 2.02. The maximum Gasteiger partial charge on any atom is 0.240 e. The van der Waals surface area contributed by atoms with Gasteiger partial charge in [-0.25, -0.2) is 18.1 Å². The molecule has 4 rings (SSSR count). The largest absolute Gasteiger partial charge is 0.331 e. The van der Waals surface area contributed by atoms with Gasteiger partial charge in [-0.05, 0) is 41.0 Å². The first-order valence-electron chi connectivity index (χ1n) is 9.05. The van der Waals surface area contributed by atoms with E-state index < -0.39 is 10.0 Å². The highest BCUT2D eigenvalue weighted by molar-refractivity contribution is 7.89. The molecule has 0 amide bonds. The van der Waals surface area contributed by atoms with Crippen molar-refractivity contribution in [2.24, 2.45) is 0 Å². The van der Waals surface area contributed by atoms with Crippen molar-refractivity contribution in [2.75, 3.05) is 0 Å². The van der Waals surface area contributed by atoms with Gasteiger partial charge in [0.15, 0.2) is 0 Å². The molecule has 0 spiro atoms. The first kappa shape index (κ1) is 18.4. The Labute approximate surface area is 164 Å². The lowest BCUT2D eigenvalue weighted by Crippen LogP contribution is -2.23. The number of hydrogen-bond donors (Lipinski definition) is 1. The van der Waals surface area contributed by atoms with E-state index in [4.69, 9.17) is 0 Å². The van der Waals surface area contributed by atoms with Crippen molar-refractivity contribution in [3.63, 3.8) is 0 Å². The molecule has 6 heteroatoms. The van der Waals surface area contributed by atoms with Gasteiger partial charge in [0.2, 0.25) is 10.0 Å². The second-order valence-electron chi connectivity index (χ2n) is 6.76. The third-order valence-corrected chi connectivity index (χ3v) is 6.16. The van der Waals surface area contributed by atoms with E-state index in [-0.39, 0.29) is 11.4 Å². The summed E-state index contributed by atoms with van der Waals surface area (Å²) in [4.78, 5) is 4.50. The fraction of sp³-hybridized carbons (Fsp3) is 0.136. The van der Waals surface area contributed by atoms with Gasteiger partial charge >= 0.3 is 0 Å². The van der Waals surface area contributed by atoms with Crippen molar-refractivity contribution >= 4 is 20.8 Å². The number of nitrogens with zero attached hydrogens (tertiary/aromatic N) is 2. The molecular weight excluding hydrogens is 370 g/mol. The third kappa shape index (κ3) is 3.98. The Morgan fingerprint density at radius 2 is 1.71 bits per heavy atom. The summed E-state index contributed by atoms with van der Waals surface area (Å²) in [6, 6.07) is 20.8. The van der Waals surface area contributed by atoms with E-state index in [2.05, 4.69) is 14.3 Å². The zero-order chi connectivity index (χ0) is 19.6. The molecule has 28 heavy (non-hydrogen) atoms. The molecule has 0 aliphatic rings. The molecule has 0 radical (unpaired) electrons. The molecule has 1 heterocycles. The molecule has 4 aromatic rings. The van der Waals surface area contributed by atoms with Crippen LogP contribution in [-0.4, -0.2) is 18.0 Å². The lowest BCUT2D eigenvalue weighted by atomic mass is 10.1. The molecule has 1 aromatic heterocycles. The fourth-order valence-electron chi connectivity index (χ4n) is 3.20. The molecule has 3 aromatic carbocycles. The minimum Gasteiger partial charge on any atom is -0.331 e. The number of aryl methyl sites for hydroxylation is 1. The number of benzene rings is 3. The van der Waals surface area contributed by atoms with Crippen LogP contribution < -0.4 is 4.72 Å². The molecule has 0 fully saturated rings. The highest BCUT2D eigenvalue weighted by Crippen LogP contribution is 2.19. The maximum absolute atomic E-state index is 12.7. The van der Waals surface area contributed by atoms with Gasteiger partial charge in [0, 0.05) is 25.5 Å². The zero-order valence-corrected chi connectivity index (χ0v) is 16.4. The SMILES string of the molecule is Cc1nccn1Cc1cccc(CNS(=O)(=O)c2ccc3ccccc3c2)c1. The van der Waals surface area contributed by atoms with Gasteiger partial charge in [-0.1, -0.05) is 54.6 Å². The first-order chi connectivity index (χ1) is 13.5. The molecule has 0 saturated heterocycles. The van der Waals surface area contributed by atoms with Crippen LogP contribution in [0.2, 0.25) is 0 Å². The van der Waals surface area contributed by atoms with Crippen LogP contribution >= 0.6 is 0 Å². The molecule has 5 nitrogen and oxygen atoms in total. The van der Waals surface area contributed by atoms with E-state index in [9.17, 15) is 8.42 Å². The number of hydrogen-bond acceptors (Lipinski definition) is 3. The van der Waals surface area contributed by atoms with Gasteiger partial charge in [-0.15, -0.1) is 0 Å². The number of nitrogens with one attached hydrogen (secondary N) is 1. The highest BCUT2D eigenvalue weighted by atomic mass is 32.2. The van der Waals surface area contributed by atoms with Crippen molar-refractivity contribution < 1.29 is 8.42 Å². The first-order valence-corrected chi connectivity index (χ1v) is 10.5. The van der Waals surface area contributed by atoms with E-state index >= 15 is 0 Å². The van der Waals surface area contributed by atoms with E-state index in [1.165, 1.54) is 0 Å². The van der Waals surface area contributed by atoms with Crippen LogP contribution in [0.4, 0.5) is 0 Å². The molecule has 1 N–H and O–H groups in total. The molecule has 0 bridgehead atoms. The lowest BCUT2D eigenvalue weighted by Gasteiger charge is -2.10. The lowest BCUT2D eigenvalue weighted by molar-refractivity contribution is 0.581. The Balaban J connectivity index is 1.50. The minimum atomic E-state index is -3.58. The topological polar surface area (TPSA) is 64.0 Å². The second kappa shape index (κ2) is 7.58. The van der Waals surface area contributed by atoms with Crippen LogP contribution in [0.5, 0.6) is 0 Å². The van der Waals surface area contributed by atoms with Crippen molar-refractivity contribution in [2.45, 2.75) is 24.9 Å². The Morgan fingerprint density at radius 1 is 0.929 bits per heavy atom. The summed E-state index contributed by atoms with van der Waals surface area (Å²) >= 11 is 0. The third-order valence-electron chi connectivity index (χ3n) is 4.77. The summed E-state index contributed by atoms with van der Waals surface area (Å²) in [6.45, 7) is 2.91. The number of imidazole rings is 1. The normalized spacial score (nSPS) is 11.8. The summed E-state index contributed by atoms with van der Waals surface area (Å²) in [6.07, 6.45) is 3.71. The molecule has 142 valence electrons. The highest BCUT2D eigenvalue weighted by Gasteiger charge is 2.14. The van der Waals surface area contributed by atoms with Crippen LogP contribution in [0.1, 0.15) is 17.0 Å². The summed E-state index contributed by atoms with van der Waals surface area (Å²) in [5, 5.41) is 1.92. The smallest absolute Gasteiger partial charge is 0.240 e.